The van der Waals surface area contributed by atoms with Crippen LogP contribution in [0.2, 0.25) is 0 Å². The van der Waals surface area contributed by atoms with Crippen LogP contribution in [0.15, 0.2) is 30.3 Å². The second kappa shape index (κ2) is 6.51. The quantitative estimate of drug-likeness (QED) is 0.787. The van der Waals surface area contributed by atoms with Crippen molar-refractivity contribution in [3.8, 4) is 0 Å². The van der Waals surface area contributed by atoms with Gasteiger partial charge in [-0.1, -0.05) is 49.6 Å². The molecule has 1 heterocycles. The summed E-state index contributed by atoms with van der Waals surface area (Å²) in [4.78, 5) is 12.1. The molecule has 2 fully saturated rings. The van der Waals surface area contributed by atoms with E-state index in [-0.39, 0.29) is 18.2 Å². The Morgan fingerprint density at radius 2 is 1.85 bits per heavy atom. The number of carbonyl (C=O) groups excluding carboxylic acids is 1. The van der Waals surface area contributed by atoms with Crippen LogP contribution in [0.5, 0.6) is 0 Å². The number of rotatable bonds is 4. The first-order valence-corrected chi connectivity index (χ1v) is 7.68. The maximum atomic E-state index is 12.1. The van der Waals surface area contributed by atoms with Crippen LogP contribution < -0.4 is 0 Å². The molecule has 3 heteroatoms. The molecule has 0 radical (unpaired) electrons. The van der Waals surface area contributed by atoms with Gasteiger partial charge in [0.25, 0.3) is 0 Å². The van der Waals surface area contributed by atoms with E-state index in [0.29, 0.717) is 18.9 Å². The zero-order valence-electron chi connectivity index (χ0n) is 11.8. The van der Waals surface area contributed by atoms with E-state index in [1.807, 2.05) is 30.3 Å². The lowest BCUT2D eigenvalue weighted by atomic mass is 9.89. The maximum absolute atomic E-state index is 12.1. The van der Waals surface area contributed by atoms with Crippen molar-refractivity contribution in [1.82, 2.24) is 0 Å². The van der Waals surface area contributed by atoms with Crippen molar-refractivity contribution < 1.29 is 14.3 Å². The van der Waals surface area contributed by atoms with Crippen molar-refractivity contribution in [3.63, 3.8) is 0 Å². The van der Waals surface area contributed by atoms with Crippen molar-refractivity contribution in [2.45, 2.75) is 50.9 Å². The van der Waals surface area contributed by atoms with Crippen molar-refractivity contribution in [2.24, 2.45) is 5.92 Å². The van der Waals surface area contributed by atoms with E-state index < -0.39 is 0 Å². The molecule has 3 rings (SSSR count). The number of hydrogen-bond acceptors (Lipinski definition) is 3. The van der Waals surface area contributed by atoms with Gasteiger partial charge in [-0.05, 0) is 12.8 Å². The lowest BCUT2D eigenvalue weighted by Crippen LogP contribution is -2.25. The zero-order valence-corrected chi connectivity index (χ0v) is 11.8. The van der Waals surface area contributed by atoms with E-state index >= 15 is 0 Å². The number of benzene rings is 1. The SMILES string of the molecule is O=C(C[C@H]1CO[C@@H](C2CCCCC2)O1)c1ccccc1. The maximum Gasteiger partial charge on any atom is 0.165 e. The fraction of sp³-hybridized carbons (Fsp3) is 0.588. The van der Waals surface area contributed by atoms with Crippen LogP contribution in [0.1, 0.15) is 48.9 Å². The molecule has 108 valence electrons. The summed E-state index contributed by atoms with van der Waals surface area (Å²) in [7, 11) is 0. The lowest BCUT2D eigenvalue weighted by Gasteiger charge is -2.26. The predicted molar refractivity (Wildman–Crippen MR) is 76.6 cm³/mol. The fourth-order valence-corrected chi connectivity index (χ4v) is 3.18. The van der Waals surface area contributed by atoms with Crippen LogP contribution in [0.4, 0.5) is 0 Å². The van der Waals surface area contributed by atoms with Gasteiger partial charge in [-0.3, -0.25) is 4.79 Å². The average molecular weight is 274 g/mol. The Kier molecular flexibility index (Phi) is 4.48. The highest BCUT2D eigenvalue weighted by Gasteiger charge is 2.34. The Morgan fingerprint density at radius 1 is 1.10 bits per heavy atom. The Morgan fingerprint density at radius 3 is 2.60 bits per heavy atom. The summed E-state index contributed by atoms with van der Waals surface area (Å²) >= 11 is 0. The van der Waals surface area contributed by atoms with Gasteiger partial charge in [0.1, 0.15) is 0 Å². The van der Waals surface area contributed by atoms with Gasteiger partial charge in [0, 0.05) is 17.9 Å². The van der Waals surface area contributed by atoms with Gasteiger partial charge in [-0.25, -0.2) is 0 Å². The van der Waals surface area contributed by atoms with E-state index in [1.165, 1.54) is 32.1 Å². The van der Waals surface area contributed by atoms with Crippen LogP contribution in [0, 0.1) is 5.92 Å². The van der Waals surface area contributed by atoms with E-state index in [0.717, 1.165) is 5.56 Å². The number of hydrogen-bond donors (Lipinski definition) is 0. The molecule has 1 saturated heterocycles. The molecule has 1 aromatic rings. The topological polar surface area (TPSA) is 35.5 Å². The molecule has 0 amide bonds. The molecule has 1 aliphatic carbocycles. The summed E-state index contributed by atoms with van der Waals surface area (Å²) in [6.45, 7) is 0.555. The second-order valence-electron chi connectivity index (χ2n) is 5.85. The van der Waals surface area contributed by atoms with Gasteiger partial charge in [-0.15, -0.1) is 0 Å². The third kappa shape index (κ3) is 3.28. The van der Waals surface area contributed by atoms with Crippen LogP contribution in [0.25, 0.3) is 0 Å². The Balaban J connectivity index is 1.51. The van der Waals surface area contributed by atoms with Crippen LogP contribution in [-0.4, -0.2) is 24.8 Å². The third-order valence-electron chi connectivity index (χ3n) is 4.32. The molecule has 1 aliphatic heterocycles. The highest BCUT2D eigenvalue weighted by atomic mass is 16.7. The summed E-state index contributed by atoms with van der Waals surface area (Å²) in [6, 6.07) is 9.42. The first kappa shape index (κ1) is 13.8. The van der Waals surface area contributed by atoms with Crippen LogP contribution >= 0.6 is 0 Å². The van der Waals surface area contributed by atoms with E-state index in [9.17, 15) is 4.79 Å². The van der Waals surface area contributed by atoms with Crippen molar-refractivity contribution in [1.29, 1.82) is 0 Å². The molecular weight excluding hydrogens is 252 g/mol. The Bertz CT molecular complexity index is 437. The van der Waals surface area contributed by atoms with Crippen molar-refractivity contribution >= 4 is 5.78 Å². The number of carbonyl (C=O) groups is 1. The summed E-state index contributed by atoms with van der Waals surface area (Å²) in [5.74, 6) is 0.670. The average Bonchev–Trinajstić information content (AvgIpc) is 2.97. The van der Waals surface area contributed by atoms with E-state index in [1.54, 1.807) is 0 Å². The third-order valence-corrected chi connectivity index (χ3v) is 4.32. The molecule has 0 bridgehead atoms. The number of ketones is 1. The summed E-state index contributed by atoms with van der Waals surface area (Å²) in [5, 5.41) is 0. The molecule has 0 aromatic heterocycles. The summed E-state index contributed by atoms with van der Waals surface area (Å²) < 4.78 is 11.7. The van der Waals surface area contributed by atoms with Gasteiger partial charge in [0.05, 0.1) is 12.7 Å². The molecule has 1 aromatic carbocycles. The summed E-state index contributed by atoms with van der Waals surface area (Å²) in [5.41, 5.74) is 0.761. The van der Waals surface area contributed by atoms with Gasteiger partial charge in [-0.2, -0.15) is 0 Å². The lowest BCUT2D eigenvalue weighted by molar-refractivity contribution is -0.104. The molecule has 2 aliphatic rings. The molecule has 2 atom stereocenters. The van der Waals surface area contributed by atoms with Gasteiger partial charge in [0.15, 0.2) is 12.1 Å². The first-order chi connectivity index (χ1) is 9.83. The number of ether oxygens (including phenoxy) is 2. The van der Waals surface area contributed by atoms with Gasteiger partial charge >= 0.3 is 0 Å². The Labute approximate surface area is 120 Å². The van der Waals surface area contributed by atoms with E-state index in [4.69, 9.17) is 9.47 Å². The highest BCUT2D eigenvalue weighted by Crippen LogP contribution is 2.32. The van der Waals surface area contributed by atoms with Crippen molar-refractivity contribution in [3.05, 3.63) is 35.9 Å². The normalized spacial score (nSPS) is 27.6. The minimum absolute atomic E-state index is 0.0744. The zero-order chi connectivity index (χ0) is 13.8. The summed E-state index contributed by atoms with van der Waals surface area (Å²) in [6.07, 6.45) is 6.56. The van der Waals surface area contributed by atoms with Crippen LogP contribution in [-0.2, 0) is 9.47 Å². The molecule has 0 spiro atoms. The second-order valence-corrected chi connectivity index (χ2v) is 5.85. The molecule has 20 heavy (non-hydrogen) atoms. The van der Waals surface area contributed by atoms with Gasteiger partial charge in [0.2, 0.25) is 0 Å². The highest BCUT2D eigenvalue weighted by molar-refractivity contribution is 5.96. The first-order valence-electron chi connectivity index (χ1n) is 7.68. The van der Waals surface area contributed by atoms with Crippen LogP contribution in [0.3, 0.4) is 0 Å². The molecule has 1 saturated carbocycles. The predicted octanol–water partition coefficient (Wildman–Crippen LogP) is 3.58. The fourth-order valence-electron chi connectivity index (χ4n) is 3.18. The minimum Gasteiger partial charge on any atom is -0.350 e. The largest absolute Gasteiger partial charge is 0.350 e. The van der Waals surface area contributed by atoms with Gasteiger partial charge < -0.3 is 9.47 Å². The smallest absolute Gasteiger partial charge is 0.165 e. The van der Waals surface area contributed by atoms with E-state index in [2.05, 4.69) is 0 Å². The molecular formula is C17H22O3. The molecule has 0 N–H and O–H groups in total. The molecule has 3 nitrogen and oxygen atoms in total. The monoisotopic (exact) mass is 274 g/mol. The standard InChI is InChI=1S/C17H22O3/c18-16(13-7-3-1-4-8-13)11-15-12-19-17(20-15)14-9-5-2-6-10-14/h1,3-4,7-8,14-15,17H,2,5-6,9-12H2/t15-,17+/m0/s1. The molecule has 0 unspecified atom stereocenters. The Hall–Kier alpha value is -1.19. The van der Waals surface area contributed by atoms with Crippen molar-refractivity contribution in [2.75, 3.05) is 6.61 Å². The minimum atomic E-state index is -0.0797. The number of Topliss-reactive ketones (excluding diaryl/α,β-unsaturated/α-hetero) is 1.